The highest BCUT2D eigenvalue weighted by atomic mass is 16.1. The first-order valence-corrected chi connectivity index (χ1v) is 5.50. The van der Waals surface area contributed by atoms with Crippen molar-refractivity contribution in [1.29, 1.82) is 0 Å². The van der Waals surface area contributed by atoms with E-state index in [9.17, 15) is 4.79 Å². The lowest BCUT2D eigenvalue weighted by Crippen LogP contribution is -1.86. The van der Waals surface area contributed by atoms with Gasteiger partial charge in [-0.3, -0.25) is 4.79 Å². The molecule has 82 valence electrons. The number of benzene rings is 1. The van der Waals surface area contributed by atoms with Crippen LogP contribution in [0.25, 0.3) is 6.08 Å². The van der Waals surface area contributed by atoms with Gasteiger partial charge in [0.15, 0.2) is 5.78 Å². The first kappa shape index (κ1) is 13.6. The summed E-state index contributed by atoms with van der Waals surface area (Å²) in [7, 11) is 0. The molecular formula is C14H20O. The smallest absolute Gasteiger partial charge is 0.152 e. The predicted octanol–water partition coefficient (Wildman–Crippen LogP) is 3.88. The van der Waals surface area contributed by atoms with E-state index in [1.165, 1.54) is 5.56 Å². The lowest BCUT2D eigenvalue weighted by Gasteiger charge is -2.00. The molecule has 0 fully saturated rings. The quantitative estimate of drug-likeness (QED) is 0.683. The van der Waals surface area contributed by atoms with Crippen molar-refractivity contribution in [3.63, 3.8) is 0 Å². The van der Waals surface area contributed by atoms with Crippen molar-refractivity contribution in [2.75, 3.05) is 0 Å². The summed E-state index contributed by atoms with van der Waals surface area (Å²) in [4.78, 5) is 10.7. The molecule has 0 radical (unpaired) electrons. The van der Waals surface area contributed by atoms with E-state index >= 15 is 0 Å². The molecule has 0 unspecified atom stereocenters. The van der Waals surface area contributed by atoms with Crippen LogP contribution in [0.5, 0.6) is 0 Å². The summed E-state index contributed by atoms with van der Waals surface area (Å²) in [5.41, 5.74) is 2.42. The van der Waals surface area contributed by atoms with E-state index in [0.29, 0.717) is 0 Å². The summed E-state index contributed by atoms with van der Waals surface area (Å²) >= 11 is 0. The van der Waals surface area contributed by atoms with E-state index in [2.05, 4.69) is 13.0 Å². The molecule has 0 bridgehead atoms. The van der Waals surface area contributed by atoms with Crippen LogP contribution in [0.15, 0.2) is 30.3 Å². The van der Waals surface area contributed by atoms with Gasteiger partial charge in [-0.1, -0.05) is 51.1 Å². The second-order valence-electron chi connectivity index (χ2n) is 3.00. The Balaban J connectivity index is 0.000000921. The number of hydrogen-bond acceptors (Lipinski definition) is 1. The van der Waals surface area contributed by atoms with Gasteiger partial charge in [-0.2, -0.15) is 0 Å². The molecule has 0 aliphatic heterocycles. The van der Waals surface area contributed by atoms with E-state index in [1.807, 2.05) is 38.1 Å². The normalized spacial score (nSPS) is 9.60. The maximum Gasteiger partial charge on any atom is 0.152 e. The molecule has 0 atom stereocenters. The molecule has 1 rings (SSSR count). The van der Waals surface area contributed by atoms with Gasteiger partial charge in [0.2, 0.25) is 0 Å². The molecule has 0 amide bonds. The first-order valence-electron chi connectivity index (χ1n) is 5.50. The van der Waals surface area contributed by atoms with Crippen molar-refractivity contribution in [2.45, 2.75) is 34.1 Å². The first-order chi connectivity index (χ1) is 7.24. The standard InChI is InChI=1S/C12H14O.C2H6/c1-3-11-6-4-5-7-12(11)9-8-10(2)13;1-2/h4-9H,3H2,1-2H3;1-2H3/b9-8+;. The Bertz CT molecular complexity index is 324. The number of hydrogen-bond donors (Lipinski definition) is 0. The molecule has 0 aliphatic carbocycles. The average molecular weight is 204 g/mol. The summed E-state index contributed by atoms with van der Waals surface area (Å²) < 4.78 is 0. The van der Waals surface area contributed by atoms with Gasteiger partial charge >= 0.3 is 0 Å². The van der Waals surface area contributed by atoms with E-state index in [1.54, 1.807) is 13.0 Å². The van der Waals surface area contributed by atoms with Crippen LogP contribution in [0.2, 0.25) is 0 Å². The summed E-state index contributed by atoms with van der Waals surface area (Å²) in [5.74, 6) is 0.0888. The minimum atomic E-state index is 0.0888. The van der Waals surface area contributed by atoms with Crippen molar-refractivity contribution < 1.29 is 4.79 Å². The molecule has 0 saturated heterocycles. The molecule has 0 aromatic heterocycles. The minimum absolute atomic E-state index is 0.0888. The number of ketones is 1. The maximum atomic E-state index is 10.7. The van der Waals surface area contributed by atoms with Crippen molar-refractivity contribution >= 4 is 11.9 Å². The molecule has 0 heterocycles. The zero-order valence-corrected chi connectivity index (χ0v) is 10.1. The van der Waals surface area contributed by atoms with Crippen LogP contribution >= 0.6 is 0 Å². The summed E-state index contributed by atoms with van der Waals surface area (Å²) in [5, 5.41) is 0. The van der Waals surface area contributed by atoms with Crippen LogP contribution in [0.1, 0.15) is 38.8 Å². The highest BCUT2D eigenvalue weighted by Gasteiger charge is 1.94. The van der Waals surface area contributed by atoms with Crippen molar-refractivity contribution in [2.24, 2.45) is 0 Å². The lowest BCUT2D eigenvalue weighted by molar-refractivity contribution is -0.112. The third kappa shape index (κ3) is 5.16. The van der Waals surface area contributed by atoms with Crippen LogP contribution in [0, 0.1) is 0 Å². The fourth-order valence-corrected chi connectivity index (χ4v) is 1.23. The second-order valence-corrected chi connectivity index (χ2v) is 3.00. The topological polar surface area (TPSA) is 17.1 Å². The van der Waals surface area contributed by atoms with Crippen LogP contribution in [0.3, 0.4) is 0 Å². The molecular weight excluding hydrogens is 184 g/mol. The summed E-state index contributed by atoms with van der Waals surface area (Å²) in [6.45, 7) is 7.67. The average Bonchev–Trinajstić information content (AvgIpc) is 2.29. The molecule has 1 heteroatoms. The Morgan fingerprint density at radius 2 is 1.87 bits per heavy atom. The number of allylic oxidation sites excluding steroid dienone is 1. The van der Waals surface area contributed by atoms with E-state index in [-0.39, 0.29) is 5.78 Å². The molecule has 15 heavy (non-hydrogen) atoms. The van der Waals surface area contributed by atoms with Gasteiger partial charge in [-0.15, -0.1) is 0 Å². The van der Waals surface area contributed by atoms with Crippen LogP contribution in [0.4, 0.5) is 0 Å². The lowest BCUT2D eigenvalue weighted by atomic mass is 10.0. The zero-order chi connectivity index (χ0) is 11.7. The third-order valence-corrected chi connectivity index (χ3v) is 1.93. The molecule has 1 aromatic carbocycles. The maximum absolute atomic E-state index is 10.7. The minimum Gasteiger partial charge on any atom is -0.295 e. The van der Waals surface area contributed by atoms with Gasteiger partial charge < -0.3 is 0 Å². The number of carbonyl (C=O) groups is 1. The monoisotopic (exact) mass is 204 g/mol. The highest BCUT2D eigenvalue weighted by molar-refractivity contribution is 5.91. The van der Waals surface area contributed by atoms with Crippen molar-refractivity contribution in [3.05, 3.63) is 41.5 Å². The second kappa shape index (κ2) is 7.98. The molecule has 0 spiro atoms. The number of aryl methyl sites for hydroxylation is 1. The van der Waals surface area contributed by atoms with E-state index < -0.39 is 0 Å². The summed E-state index contributed by atoms with van der Waals surface area (Å²) in [6.07, 6.45) is 4.48. The Morgan fingerprint density at radius 3 is 2.40 bits per heavy atom. The van der Waals surface area contributed by atoms with Gasteiger partial charge in [0, 0.05) is 0 Å². The van der Waals surface area contributed by atoms with Crippen LogP contribution in [-0.4, -0.2) is 5.78 Å². The fraction of sp³-hybridized carbons (Fsp3) is 0.357. The Labute approximate surface area is 92.8 Å². The zero-order valence-electron chi connectivity index (χ0n) is 10.1. The molecule has 0 N–H and O–H groups in total. The third-order valence-electron chi connectivity index (χ3n) is 1.93. The number of rotatable bonds is 3. The fourth-order valence-electron chi connectivity index (χ4n) is 1.23. The highest BCUT2D eigenvalue weighted by Crippen LogP contribution is 2.10. The van der Waals surface area contributed by atoms with Gasteiger partial charge in [0.1, 0.15) is 0 Å². The largest absolute Gasteiger partial charge is 0.295 e. The van der Waals surface area contributed by atoms with Gasteiger partial charge in [-0.25, -0.2) is 0 Å². The van der Waals surface area contributed by atoms with E-state index in [0.717, 1.165) is 12.0 Å². The SMILES string of the molecule is CC.CCc1ccccc1/C=C/C(C)=O. The predicted molar refractivity (Wildman–Crippen MR) is 66.9 cm³/mol. The van der Waals surface area contributed by atoms with Gasteiger partial charge in [-0.05, 0) is 30.5 Å². The molecule has 1 nitrogen and oxygen atoms in total. The number of carbonyl (C=O) groups excluding carboxylic acids is 1. The van der Waals surface area contributed by atoms with Crippen molar-refractivity contribution in [3.8, 4) is 0 Å². The van der Waals surface area contributed by atoms with Crippen LogP contribution < -0.4 is 0 Å². The van der Waals surface area contributed by atoms with Crippen molar-refractivity contribution in [1.82, 2.24) is 0 Å². The summed E-state index contributed by atoms with van der Waals surface area (Å²) in [6, 6.07) is 8.11. The molecule has 1 aromatic rings. The Kier molecular flexibility index (Phi) is 7.25. The Hall–Kier alpha value is -1.37. The van der Waals surface area contributed by atoms with Gasteiger partial charge in [0.05, 0.1) is 0 Å². The van der Waals surface area contributed by atoms with Gasteiger partial charge in [0.25, 0.3) is 0 Å². The Morgan fingerprint density at radius 1 is 1.27 bits per heavy atom. The van der Waals surface area contributed by atoms with E-state index in [4.69, 9.17) is 0 Å². The molecule has 0 saturated carbocycles. The molecule has 0 aliphatic rings. The van der Waals surface area contributed by atoms with Crippen LogP contribution in [-0.2, 0) is 11.2 Å².